The Balaban J connectivity index is 1.87. The van der Waals surface area contributed by atoms with E-state index in [2.05, 4.69) is 15.8 Å². The highest BCUT2D eigenvalue weighted by Crippen LogP contribution is 2.14. The first-order valence-corrected chi connectivity index (χ1v) is 7.02. The summed E-state index contributed by atoms with van der Waals surface area (Å²) in [5, 5.41) is 16.6. The lowest BCUT2D eigenvalue weighted by atomic mass is 10.2. The lowest BCUT2D eigenvalue weighted by Gasteiger charge is -2.05. The monoisotopic (exact) mass is 342 g/mol. The van der Waals surface area contributed by atoms with Crippen LogP contribution in [0.1, 0.15) is 5.56 Å². The second-order valence-corrected chi connectivity index (χ2v) is 4.73. The number of carbonyl (C=O) groups is 2. The zero-order valence-electron chi connectivity index (χ0n) is 13.1. The number of hydrogen-bond acceptors (Lipinski definition) is 6. The number of hydrogen-bond donors (Lipinski definition) is 2. The SMILES string of the molecule is COc1ccc(NC(=O)C(=O)NN=Cc2ccc([N+](=O)[O-])cc2)cc1. The van der Waals surface area contributed by atoms with Gasteiger partial charge in [0, 0.05) is 17.8 Å². The molecule has 128 valence electrons. The van der Waals surface area contributed by atoms with Gasteiger partial charge in [0.2, 0.25) is 0 Å². The minimum Gasteiger partial charge on any atom is -0.497 e. The van der Waals surface area contributed by atoms with Crippen LogP contribution in [0.2, 0.25) is 0 Å². The van der Waals surface area contributed by atoms with Gasteiger partial charge in [0.25, 0.3) is 5.69 Å². The van der Waals surface area contributed by atoms with Gasteiger partial charge in [-0.05, 0) is 42.0 Å². The molecule has 0 aliphatic heterocycles. The number of ether oxygens (including phenoxy) is 1. The van der Waals surface area contributed by atoms with E-state index >= 15 is 0 Å². The normalized spacial score (nSPS) is 10.3. The van der Waals surface area contributed by atoms with Crippen molar-refractivity contribution in [3.8, 4) is 5.75 Å². The predicted octanol–water partition coefficient (Wildman–Crippen LogP) is 1.69. The molecule has 0 aromatic heterocycles. The molecule has 0 atom stereocenters. The summed E-state index contributed by atoms with van der Waals surface area (Å²) in [4.78, 5) is 33.4. The van der Waals surface area contributed by atoms with Crippen LogP contribution < -0.4 is 15.5 Å². The van der Waals surface area contributed by atoms with Gasteiger partial charge in [-0.2, -0.15) is 5.10 Å². The van der Waals surface area contributed by atoms with Gasteiger partial charge in [-0.25, -0.2) is 5.43 Å². The summed E-state index contributed by atoms with van der Waals surface area (Å²) >= 11 is 0. The number of benzene rings is 2. The highest BCUT2D eigenvalue weighted by molar-refractivity contribution is 6.39. The lowest BCUT2D eigenvalue weighted by Crippen LogP contribution is -2.32. The number of anilines is 1. The van der Waals surface area contributed by atoms with Gasteiger partial charge in [0.05, 0.1) is 18.2 Å². The van der Waals surface area contributed by atoms with Gasteiger partial charge in [-0.15, -0.1) is 0 Å². The van der Waals surface area contributed by atoms with Crippen molar-refractivity contribution in [2.75, 3.05) is 12.4 Å². The summed E-state index contributed by atoms with van der Waals surface area (Å²) in [5.74, 6) is -1.21. The molecule has 0 heterocycles. The van der Waals surface area contributed by atoms with Crippen LogP contribution >= 0.6 is 0 Å². The molecule has 2 amide bonds. The Morgan fingerprint density at radius 2 is 1.72 bits per heavy atom. The molecule has 0 spiro atoms. The van der Waals surface area contributed by atoms with E-state index < -0.39 is 16.7 Å². The Labute approximate surface area is 142 Å². The molecular weight excluding hydrogens is 328 g/mol. The number of nitro benzene ring substituents is 1. The molecule has 9 heteroatoms. The third-order valence-corrected chi connectivity index (χ3v) is 3.04. The zero-order valence-corrected chi connectivity index (χ0v) is 13.1. The summed E-state index contributed by atoms with van der Waals surface area (Å²) in [6.45, 7) is 0. The van der Waals surface area contributed by atoms with Crippen LogP contribution in [-0.2, 0) is 9.59 Å². The maximum absolute atomic E-state index is 11.7. The second kappa shape index (κ2) is 8.20. The highest BCUT2D eigenvalue weighted by Gasteiger charge is 2.12. The topological polar surface area (TPSA) is 123 Å². The molecule has 0 aliphatic rings. The van der Waals surface area contributed by atoms with E-state index in [1.807, 2.05) is 0 Å². The number of carbonyl (C=O) groups excluding carboxylic acids is 2. The van der Waals surface area contributed by atoms with Gasteiger partial charge >= 0.3 is 11.8 Å². The van der Waals surface area contributed by atoms with Gasteiger partial charge in [0.15, 0.2) is 0 Å². The molecule has 0 radical (unpaired) electrons. The maximum Gasteiger partial charge on any atom is 0.329 e. The Morgan fingerprint density at radius 1 is 1.08 bits per heavy atom. The van der Waals surface area contributed by atoms with Gasteiger partial charge < -0.3 is 10.1 Å². The Hall–Kier alpha value is -3.75. The smallest absolute Gasteiger partial charge is 0.329 e. The first kappa shape index (κ1) is 17.6. The molecular formula is C16H14N4O5. The van der Waals surface area contributed by atoms with Crippen molar-refractivity contribution in [1.29, 1.82) is 0 Å². The van der Waals surface area contributed by atoms with E-state index in [1.54, 1.807) is 24.3 Å². The summed E-state index contributed by atoms with van der Waals surface area (Å²) in [6.07, 6.45) is 1.27. The number of nitro groups is 1. The summed E-state index contributed by atoms with van der Waals surface area (Å²) < 4.78 is 4.99. The van der Waals surface area contributed by atoms with Crippen LogP contribution in [0.25, 0.3) is 0 Å². The van der Waals surface area contributed by atoms with E-state index in [4.69, 9.17) is 4.74 Å². The number of hydrazone groups is 1. The molecule has 0 fully saturated rings. The minimum absolute atomic E-state index is 0.0555. The molecule has 2 aromatic carbocycles. The summed E-state index contributed by atoms with van der Waals surface area (Å²) in [7, 11) is 1.52. The van der Waals surface area contributed by atoms with Crippen molar-refractivity contribution in [3.63, 3.8) is 0 Å². The predicted molar refractivity (Wildman–Crippen MR) is 90.5 cm³/mol. The van der Waals surface area contributed by atoms with Crippen LogP contribution in [0.15, 0.2) is 53.6 Å². The molecule has 2 N–H and O–H groups in total. The third kappa shape index (κ3) is 5.13. The average Bonchev–Trinajstić information content (AvgIpc) is 2.62. The van der Waals surface area contributed by atoms with Crippen LogP contribution in [-0.4, -0.2) is 30.1 Å². The average molecular weight is 342 g/mol. The van der Waals surface area contributed by atoms with E-state index in [9.17, 15) is 19.7 Å². The number of rotatable bonds is 5. The Bertz CT molecular complexity index is 800. The Kier molecular flexibility index (Phi) is 5.77. The van der Waals surface area contributed by atoms with Crippen LogP contribution in [0, 0.1) is 10.1 Å². The first-order valence-electron chi connectivity index (χ1n) is 7.02. The number of non-ortho nitro benzene ring substituents is 1. The van der Waals surface area contributed by atoms with Crippen molar-refractivity contribution in [3.05, 3.63) is 64.2 Å². The van der Waals surface area contributed by atoms with E-state index in [1.165, 1.54) is 37.6 Å². The van der Waals surface area contributed by atoms with Gasteiger partial charge in [-0.1, -0.05) is 0 Å². The fourth-order valence-corrected chi connectivity index (χ4v) is 1.76. The molecule has 0 saturated carbocycles. The molecule has 25 heavy (non-hydrogen) atoms. The first-order chi connectivity index (χ1) is 12.0. The number of nitrogens with one attached hydrogen (secondary N) is 2. The Morgan fingerprint density at radius 3 is 2.28 bits per heavy atom. The molecule has 0 bridgehead atoms. The molecule has 0 unspecified atom stereocenters. The molecule has 9 nitrogen and oxygen atoms in total. The molecule has 0 aliphatic carbocycles. The van der Waals surface area contributed by atoms with E-state index in [0.29, 0.717) is 17.0 Å². The molecule has 0 saturated heterocycles. The van der Waals surface area contributed by atoms with Crippen LogP contribution in [0.5, 0.6) is 5.75 Å². The fraction of sp³-hybridized carbons (Fsp3) is 0.0625. The van der Waals surface area contributed by atoms with Crippen molar-refractivity contribution in [2.24, 2.45) is 5.10 Å². The van der Waals surface area contributed by atoms with Crippen molar-refractivity contribution < 1.29 is 19.2 Å². The maximum atomic E-state index is 11.7. The number of amides is 2. The fourth-order valence-electron chi connectivity index (χ4n) is 1.76. The quantitative estimate of drug-likeness (QED) is 0.370. The van der Waals surface area contributed by atoms with Gasteiger partial charge in [0.1, 0.15) is 5.75 Å². The molecule has 2 aromatic rings. The summed E-state index contributed by atoms with van der Waals surface area (Å²) in [6, 6.07) is 12.0. The standard InChI is InChI=1S/C16H14N4O5/c1-25-14-8-4-12(5-9-14)18-15(21)16(22)19-17-10-11-2-6-13(7-3-11)20(23)24/h2-10H,1H3,(H,18,21)(H,19,22). The lowest BCUT2D eigenvalue weighted by molar-refractivity contribution is -0.384. The number of methoxy groups -OCH3 is 1. The summed E-state index contributed by atoms with van der Waals surface area (Å²) in [5.41, 5.74) is 2.98. The largest absolute Gasteiger partial charge is 0.497 e. The third-order valence-electron chi connectivity index (χ3n) is 3.04. The van der Waals surface area contributed by atoms with Crippen molar-refractivity contribution >= 4 is 29.4 Å². The van der Waals surface area contributed by atoms with Crippen molar-refractivity contribution in [1.82, 2.24) is 5.43 Å². The van der Waals surface area contributed by atoms with E-state index in [0.717, 1.165) is 0 Å². The number of nitrogens with zero attached hydrogens (tertiary/aromatic N) is 2. The van der Waals surface area contributed by atoms with Crippen LogP contribution in [0.4, 0.5) is 11.4 Å². The minimum atomic E-state index is -0.950. The van der Waals surface area contributed by atoms with Crippen molar-refractivity contribution in [2.45, 2.75) is 0 Å². The van der Waals surface area contributed by atoms with E-state index in [-0.39, 0.29) is 5.69 Å². The second-order valence-electron chi connectivity index (χ2n) is 4.73. The van der Waals surface area contributed by atoms with Gasteiger partial charge in [-0.3, -0.25) is 19.7 Å². The molecule has 2 rings (SSSR count). The zero-order chi connectivity index (χ0) is 18.2. The highest BCUT2D eigenvalue weighted by atomic mass is 16.6. The van der Waals surface area contributed by atoms with Crippen LogP contribution in [0.3, 0.4) is 0 Å².